The van der Waals surface area contributed by atoms with Gasteiger partial charge in [0.05, 0.1) is 0 Å². The van der Waals surface area contributed by atoms with E-state index in [1.54, 1.807) is 0 Å². The molecule has 0 unspecified atom stereocenters. The Labute approximate surface area is 196 Å². The minimum Gasteiger partial charge on any atom is -0.207 e. The van der Waals surface area contributed by atoms with Gasteiger partial charge >= 0.3 is 0 Å². The molecule has 0 aromatic heterocycles. The van der Waals surface area contributed by atoms with Crippen molar-refractivity contribution in [3.8, 4) is 33.4 Å². The molecular weight excluding hydrogens is 422 g/mol. The first-order valence-corrected chi connectivity index (χ1v) is 11.2. The van der Waals surface area contributed by atoms with Crippen molar-refractivity contribution < 1.29 is 8.78 Å². The van der Waals surface area contributed by atoms with Crippen LogP contribution >= 0.6 is 0 Å². The van der Waals surface area contributed by atoms with Crippen LogP contribution in [0.15, 0.2) is 121 Å². The molecule has 0 radical (unpaired) electrons. The average Bonchev–Trinajstić information content (AvgIpc) is 2.87. The lowest BCUT2D eigenvalue weighted by Crippen LogP contribution is -1.88. The van der Waals surface area contributed by atoms with Crippen LogP contribution < -0.4 is 0 Å². The molecule has 6 aromatic carbocycles. The number of benzene rings is 6. The second kappa shape index (κ2) is 8.24. The summed E-state index contributed by atoms with van der Waals surface area (Å²) in [6, 6.07) is 39.1. The molecule has 0 saturated heterocycles. The second-order valence-electron chi connectivity index (χ2n) is 8.50. The maximum atomic E-state index is 13.9. The Morgan fingerprint density at radius 1 is 0.353 bits per heavy atom. The first-order chi connectivity index (χ1) is 16.7. The van der Waals surface area contributed by atoms with Crippen molar-refractivity contribution in [2.75, 3.05) is 0 Å². The summed E-state index contributed by atoms with van der Waals surface area (Å²) in [4.78, 5) is 0. The number of hydrogen-bond acceptors (Lipinski definition) is 0. The topological polar surface area (TPSA) is 0 Å². The Kier molecular flexibility index (Phi) is 4.92. The molecule has 0 bridgehead atoms. The molecule has 0 N–H and O–H groups in total. The summed E-state index contributed by atoms with van der Waals surface area (Å²) >= 11 is 0. The molecule has 0 fully saturated rings. The summed E-state index contributed by atoms with van der Waals surface area (Å²) in [5, 5.41) is 4.46. The Morgan fingerprint density at radius 2 is 0.882 bits per heavy atom. The monoisotopic (exact) mass is 442 g/mol. The lowest BCUT2D eigenvalue weighted by atomic mass is 9.91. The van der Waals surface area contributed by atoms with Crippen LogP contribution in [0.1, 0.15) is 0 Å². The number of rotatable bonds is 3. The molecular formula is C32H20F2. The highest BCUT2D eigenvalue weighted by atomic mass is 19.1. The third-order valence-electron chi connectivity index (χ3n) is 6.38. The van der Waals surface area contributed by atoms with Gasteiger partial charge < -0.3 is 0 Å². The second-order valence-corrected chi connectivity index (χ2v) is 8.50. The first-order valence-electron chi connectivity index (χ1n) is 11.2. The predicted octanol–water partition coefficient (Wildman–Crippen LogP) is 9.27. The molecule has 2 heteroatoms. The van der Waals surface area contributed by atoms with Crippen molar-refractivity contribution in [3.63, 3.8) is 0 Å². The summed E-state index contributed by atoms with van der Waals surface area (Å²) < 4.78 is 27.8. The lowest BCUT2D eigenvalue weighted by Gasteiger charge is -2.13. The Hall–Kier alpha value is -4.30. The fourth-order valence-corrected chi connectivity index (χ4v) is 4.72. The van der Waals surface area contributed by atoms with E-state index in [2.05, 4.69) is 72.8 Å². The third-order valence-corrected chi connectivity index (χ3v) is 6.38. The molecule has 0 aliphatic heterocycles. The normalized spacial score (nSPS) is 11.2. The van der Waals surface area contributed by atoms with Crippen molar-refractivity contribution >= 4 is 21.5 Å². The molecule has 0 aliphatic carbocycles. The van der Waals surface area contributed by atoms with Crippen LogP contribution in [0.4, 0.5) is 8.78 Å². The zero-order valence-electron chi connectivity index (χ0n) is 18.3. The standard InChI is InChI=1S/C32H20F2/c33-27-18-26(19-28(34)20-27)30-16-15-29(31-7-3-4-8-32(30)31)23-12-9-22(10-13-23)25-14-11-21-5-1-2-6-24(21)17-25/h1-20H. The minimum atomic E-state index is -0.576. The van der Waals surface area contributed by atoms with Crippen molar-refractivity contribution in [1.82, 2.24) is 0 Å². The van der Waals surface area contributed by atoms with E-state index in [4.69, 9.17) is 0 Å². The Balaban J connectivity index is 1.43. The van der Waals surface area contributed by atoms with Crippen LogP contribution in [0.5, 0.6) is 0 Å². The lowest BCUT2D eigenvalue weighted by molar-refractivity contribution is 0.584. The van der Waals surface area contributed by atoms with E-state index in [1.807, 2.05) is 30.3 Å². The molecule has 6 aromatic rings. The molecule has 0 aliphatic rings. The smallest absolute Gasteiger partial charge is 0.126 e. The van der Waals surface area contributed by atoms with Gasteiger partial charge in [0.2, 0.25) is 0 Å². The van der Waals surface area contributed by atoms with Gasteiger partial charge in [0, 0.05) is 6.07 Å². The van der Waals surface area contributed by atoms with E-state index in [-0.39, 0.29) is 0 Å². The zero-order valence-corrected chi connectivity index (χ0v) is 18.3. The Morgan fingerprint density at radius 3 is 1.56 bits per heavy atom. The van der Waals surface area contributed by atoms with E-state index in [9.17, 15) is 8.78 Å². The molecule has 0 saturated carbocycles. The number of fused-ring (bicyclic) bond motifs is 2. The van der Waals surface area contributed by atoms with Gasteiger partial charge in [-0.05, 0) is 73.1 Å². The van der Waals surface area contributed by atoms with E-state index in [1.165, 1.54) is 28.5 Å². The highest BCUT2D eigenvalue weighted by molar-refractivity contribution is 6.05. The molecule has 162 valence electrons. The fourth-order valence-electron chi connectivity index (χ4n) is 4.72. The van der Waals surface area contributed by atoms with Gasteiger partial charge in [0.15, 0.2) is 0 Å². The number of hydrogen-bond donors (Lipinski definition) is 0. The largest absolute Gasteiger partial charge is 0.207 e. The summed E-state index contributed by atoms with van der Waals surface area (Å²) in [6.07, 6.45) is 0. The van der Waals surface area contributed by atoms with E-state index >= 15 is 0 Å². The highest BCUT2D eigenvalue weighted by Crippen LogP contribution is 2.37. The first kappa shape index (κ1) is 20.3. The van der Waals surface area contributed by atoms with Gasteiger partial charge in [-0.2, -0.15) is 0 Å². The maximum Gasteiger partial charge on any atom is 0.126 e. The van der Waals surface area contributed by atoms with Crippen LogP contribution in [-0.2, 0) is 0 Å². The summed E-state index contributed by atoms with van der Waals surface area (Å²) in [5.41, 5.74) is 5.86. The molecule has 0 atom stereocenters. The Bertz CT molecular complexity index is 1640. The molecule has 0 amide bonds. The summed E-state index contributed by atoms with van der Waals surface area (Å²) in [7, 11) is 0. The van der Waals surface area contributed by atoms with E-state index < -0.39 is 11.6 Å². The van der Waals surface area contributed by atoms with Crippen molar-refractivity contribution in [3.05, 3.63) is 133 Å². The molecule has 34 heavy (non-hydrogen) atoms. The van der Waals surface area contributed by atoms with Crippen LogP contribution in [0.25, 0.3) is 54.9 Å². The van der Waals surface area contributed by atoms with Gasteiger partial charge in [0.1, 0.15) is 11.6 Å². The van der Waals surface area contributed by atoms with Crippen molar-refractivity contribution in [2.24, 2.45) is 0 Å². The zero-order chi connectivity index (χ0) is 23.1. The predicted molar refractivity (Wildman–Crippen MR) is 138 cm³/mol. The van der Waals surface area contributed by atoms with Crippen LogP contribution in [0, 0.1) is 11.6 Å². The van der Waals surface area contributed by atoms with Gasteiger partial charge in [-0.1, -0.05) is 97.1 Å². The average molecular weight is 443 g/mol. The summed E-state index contributed by atoms with van der Waals surface area (Å²) in [6.45, 7) is 0. The van der Waals surface area contributed by atoms with E-state index in [0.717, 1.165) is 39.1 Å². The van der Waals surface area contributed by atoms with Crippen LogP contribution in [-0.4, -0.2) is 0 Å². The molecule has 0 heterocycles. The summed E-state index contributed by atoms with van der Waals surface area (Å²) in [5.74, 6) is -1.15. The van der Waals surface area contributed by atoms with Crippen molar-refractivity contribution in [2.45, 2.75) is 0 Å². The third kappa shape index (κ3) is 3.64. The van der Waals surface area contributed by atoms with Crippen molar-refractivity contribution in [1.29, 1.82) is 0 Å². The molecule has 6 rings (SSSR count). The van der Waals surface area contributed by atoms with Crippen LogP contribution in [0.2, 0.25) is 0 Å². The maximum absolute atomic E-state index is 13.9. The highest BCUT2D eigenvalue weighted by Gasteiger charge is 2.11. The van der Waals surface area contributed by atoms with Gasteiger partial charge in [-0.3, -0.25) is 0 Å². The minimum absolute atomic E-state index is 0.534. The van der Waals surface area contributed by atoms with E-state index in [0.29, 0.717) is 5.56 Å². The fraction of sp³-hybridized carbons (Fsp3) is 0. The molecule has 0 nitrogen and oxygen atoms in total. The van der Waals surface area contributed by atoms with Crippen LogP contribution in [0.3, 0.4) is 0 Å². The number of halogens is 2. The van der Waals surface area contributed by atoms with Gasteiger partial charge in [-0.25, -0.2) is 8.78 Å². The molecule has 0 spiro atoms. The van der Waals surface area contributed by atoms with Gasteiger partial charge in [0.25, 0.3) is 0 Å². The van der Waals surface area contributed by atoms with Gasteiger partial charge in [-0.15, -0.1) is 0 Å². The SMILES string of the molecule is Fc1cc(F)cc(-c2ccc(-c3ccc(-c4ccc5ccccc5c4)cc3)c3ccccc23)c1. The quantitative estimate of drug-likeness (QED) is 0.256.